The molecule has 19 heavy (non-hydrogen) atoms. The molecule has 2 N–H and O–H groups in total. The molecule has 1 aromatic carbocycles. The summed E-state index contributed by atoms with van der Waals surface area (Å²) in [4.78, 5) is 6.07. The maximum Gasteiger partial charge on any atom is 0.257 e. The molecule has 0 bridgehead atoms. The third kappa shape index (κ3) is 3.58. The first-order valence-corrected chi connectivity index (χ1v) is 6.89. The summed E-state index contributed by atoms with van der Waals surface area (Å²) in [6.45, 7) is 0.0320. The molecule has 0 radical (unpaired) electrons. The van der Waals surface area contributed by atoms with E-state index in [0.29, 0.717) is 5.56 Å². The monoisotopic (exact) mass is 287 g/mol. The molecule has 2 aromatic rings. The van der Waals surface area contributed by atoms with Crippen molar-refractivity contribution in [2.45, 2.75) is 11.4 Å². The van der Waals surface area contributed by atoms with Crippen LogP contribution < -0.4 is 4.72 Å². The summed E-state index contributed by atoms with van der Waals surface area (Å²) in [6, 6.07) is 3.08. The quantitative estimate of drug-likeness (QED) is 0.868. The average molecular weight is 287 g/mol. The van der Waals surface area contributed by atoms with Gasteiger partial charge in [-0.2, -0.15) is 0 Å². The number of halogens is 2. The van der Waals surface area contributed by atoms with Crippen LogP contribution >= 0.6 is 0 Å². The van der Waals surface area contributed by atoms with Gasteiger partial charge in [-0.25, -0.2) is 26.9 Å². The second-order valence-electron chi connectivity index (χ2n) is 3.84. The van der Waals surface area contributed by atoms with Gasteiger partial charge in [-0.05, 0) is 24.1 Å². The first-order valence-electron chi connectivity index (χ1n) is 5.40. The van der Waals surface area contributed by atoms with Crippen LogP contribution in [0, 0.1) is 11.6 Å². The van der Waals surface area contributed by atoms with E-state index >= 15 is 0 Å². The number of H-pyrrole nitrogens is 1. The van der Waals surface area contributed by atoms with Gasteiger partial charge < -0.3 is 4.98 Å². The number of aromatic nitrogens is 2. The van der Waals surface area contributed by atoms with Crippen molar-refractivity contribution in [3.8, 4) is 0 Å². The summed E-state index contributed by atoms with van der Waals surface area (Å²) < 4.78 is 51.5. The first-order chi connectivity index (χ1) is 8.97. The molecule has 8 heteroatoms. The molecule has 102 valence electrons. The molecular weight excluding hydrogens is 276 g/mol. The van der Waals surface area contributed by atoms with Gasteiger partial charge in [-0.1, -0.05) is 0 Å². The van der Waals surface area contributed by atoms with Crippen LogP contribution in [0.5, 0.6) is 0 Å². The third-order valence-corrected chi connectivity index (χ3v) is 3.78. The fourth-order valence-electron chi connectivity index (χ4n) is 1.55. The third-order valence-electron chi connectivity index (χ3n) is 2.39. The number of sulfonamides is 1. The summed E-state index contributed by atoms with van der Waals surface area (Å²) in [6.07, 6.45) is 2.60. The first kappa shape index (κ1) is 13.6. The lowest BCUT2D eigenvalue weighted by Crippen LogP contribution is -2.26. The highest BCUT2D eigenvalue weighted by molar-refractivity contribution is 7.89. The van der Waals surface area contributed by atoms with E-state index in [9.17, 15) is 17.2 Å². The summed E-state index contributed by atoms with van der Waals surface area (Å²) in [7, 11) is -3.66. The zero-order valence-corrected chi connectivity index (χ0v) is 10.5. The standard InChI is InChI=1S/C11H11F2N3O2S/c12-9-3-8(4-10(13)5-9)1-2-16-19(17,18)11-6-14-7-15-11/h3-7,16H,1-2H2,(H,14,15). The number of nitrogens with one attached hydrogen (secondary N) is 2. The summed E-state index contributed by atoms with van der Waals surface area (Å²) >= 11 is 0. The van der Waals surface area contributed by atoms with Crippen LogP contribution in [-0.4, -0.2) is 24.9 Å². The Morgan fingerprint density at radius 2 is 1.89 bits per heavy atom. The SMILES string of the molecule is O=S(=O)(NCCc1cc(F)cc(F)c1)c1cnc[nH]1. The molecule has 0 aliphatic carbocycles. The van der Waals surface area contributed by atoms with Gasteiger partial charge >= 0.3 is 0 Å². The summed E-state index contributed by atoms with van der Waals surface area (Å²) in [5.41, 5.74) is 0.379. The topological polar surface area (TPSA) is 74.8 Å². The normalized spacial score (nSPS) is 11.7. The van der Waals surface area contributed by atoms with Crippen LogP contribution in [-0.2, 0) is 16.4 Å². The minimum absolute atomic E-state index is 0.0320. The highest BCUT2D eigenvalue weighted by Crippen LogP contribution is 2.09. The van der Waals surface area contributed by atoms with Gasteiger partial charge in [0.1, 0.15) is 11.6 Å². The highest BCUT2D eigenvalue weighted by Gasteiger charge is 2.14. The molecule has 0 atom stereocenters. The minimum Gasteiger partial charge on any atom is -0.335 e. The van der Waals surface area contributed by atoms with Crippen molar-refractivity contribution in [2.75, 3.05) is 6.54 Å². The van der Waals surface area contributed by atoms with Crippen molar-refractivity contribution < 1.29 is 17.2 Å². The molecule has 0 saturated heterocycles. The predicted molar refractivity (Wildman–Crippen MR) is 63.8 cm³/mol. The van der Waals surface area contributed by atoms with Crippen molar-refractivity contribution in [1.29, 1.82) is 0 Å². The van der Waals surface area contributed by atoms with E-state index in [4.69, 9.17) is 0 Å². The van der Waals surface area contributed by atoms with Crippen LogP contribution in [0.4, 0.5) is 8.78 Å². The molecule has 0 aliphatic heterocycles. The Hall–Kier alpha value is -1.80. The Bertz CT molecular complexity index is 636. The molecule has 1 heterocycles. The maximum absolute atomic E-state index is 12.9. The molecule has 0 fully saturated rings. The molecule has 0 spiro atoms. The lowest BCUT2D eigenvalue weighted by Gasteiger charge is -2.05. The van der Waals surface area contributed by atoms with Crippen molar-refractivity contribution in [1.82, 2.24) is 14.7 Å². The van der Waals surface area contributed by atoms with Gasteiger partial charge in [0, 0.05) is 12.6 Å². The van der Waals surface area contributed by atoms with Crippen molar-refractivity contribution >= 4 is 10.0 Å². The summed E-state index contributed by atoms with van der Waals surface area (Å²) in [5, 5.41) is -0.0575. The fourth-order valence-corrected chi connectivity index (χ4v) is 2.49. The molecule has 1 aromatic heterocycles. The van der Waals surface area contributed by atoms with E-state index in [2.05, 4.69) is 14.7 Å². The molecule has 0 aliphatic rings. The summed E-state index contributed by atoms with van der Waals surface area (Å²) in [5.74, 6) is -1.38. The van der Waals surface area contributed by atoms with Crippen LogP contribution in [0.1, 0.15) is 5.56 Å². The van der Waals surface area contributed by atoms with Crippen molar-refractivity contribution in [2.24, 2.45) is 0 Å². The van der Waals surface area contributed by atoms with Gasteiger partial charge in [0.25, 0.3) is 10.0 Å². The number of aromatic amines is 1. The molecule has 0 amide bonds. The highest BCUT2D eigenvalue weighted by atomic mass is 32.2. The second-order valence-corrected chi connectivity index (χ2v) is 5.58. The Morgan fingerprint density at radius 1 is 1.21 bits per heavy atom. The minimum atomic E-state index is -3.66. The van der Waals surface area contributed by atoms with Crippen LogP contribution in [0.2, 0.25) is 0 Å². The molecular formula is C11H11F2N3O2S. The number of nitrogens with zero attached hydrogens (tertiary/aromatic N) is 1. The Morgan fingerprint density at radius 3 is 2.47 bits per heavy atom. The number of imidazole rings is 1. The zero-order valence-electron chi connectivity index (χ0n) is 9.73. The van der Waals surface area contributed by atoms with Gasteiger partial charge in [-0.15, -0.1) is 0 Å². The number of benzene rings is 1. The van der Waals surface area contributed by atoms with Crippen LogP contribution in [0.3, 0.4) is 0 Å². The Labute approximate surface area is 108 Å². The maximum atomic E-state index is 12.9. The van der Waals surface area contributed by atoms with Crippen LogP contribution in [0.15, 0.2) is 35.7 Å². The van der Waals surface area contributed by atoms with Gasteiger partial charge in [0.05, 0.1) is 12.5 Å². The van der Waals surface area contributed by atoms with Crippen LogP contribution in [0.25, 0.3) is 0 Å². The van der Waals surface area contributed by atoms with E-state index < -0.39 is 21.7 Å². The van der Waals surface area contributed by atoms with Gasteiger partial charge in [0.2, 0.25) is 0 Å². The predicted octanol–water partition coefficient (Wildman–Crippen LogP) is 1.21. The smallest absolute Gasteiger partial charge is 0.257 e. The largest absolute Gasteiger partial charge is 0.335 e. The molecule has 0 unspecified atom stereocenters. The Balaban J connectivity index is 1.97. The molecule has 0 saturated carbocycles. The van der Waals surface area contributed by atoms with Crippen molar-refractivity contribution in [3.05, 3.63) is 47.9 Å². The lowest BCUT2D eigenvalue weighted by molar-refractivity contribution is 0.575. The lowest BCUT2D eigenvalue weighted by atomic mass is 10.1. The van der Waals surface area contributed by atoms with E-state index in [1.165, 1.54) is 12.5 Å². The average Bonchev–Trinajstić information content (AvgIpc) is 2.81. The van der Waals surface area contributed by atoms with E-state index in [1.807, 2.05) is 0 Å². The van der Waals surface area contributed by atoms with E-state index in [-0.39, 0.29) is 18.0 Å². The van der Waals surface area contributed by atoms with Gasteiger partial charge in [0.15, 0.2) is 5.03 Å². The number of rotatable bonds is 5. The van der Waals surface area contributed by atoms with Crippen molar-refractivity contribution in [3.63, 3.8) is 0 Å². The van der Waals surface area contributed by atoms with E-state index in [1.54, 1.807) is 0 Å². The number of hydrogen-bond acceptors (Lipinski definition) is 3. The molecule has 2 rings (SSSR count). The van der Waals surface area contributed by atoms with E-state index in [0.717, 1.165) is 18.2 Å². The second kappa shape index (κ2) is 5.45. The van der Waals surface area contributed by atoms with Gasteiger partial charge in [-0.3, -0.25) is 0 Å². The molecule has 5 nitrogen and oxygen atoms in total. The zero-order chi connectivity index (χ0) is 13.9. The Kier molecular flexibility index (Phi) is 3.91. The number of hydrogen-bond donors (Lipinski definition) is 2. The fraction of sp³-hybridized carbons (Fsp3) is 0.182.